The van der Waals surface area contributed by atoms with Crippen LogP contribution in [0.15, 0.2) is 24.3 Å². The van der Waals surface area contributed by atoms with E-state index >= 15 is 0 Å². The van der Waals surface area contributed by atoms with Gasteiger partial charge in [-0.25, -0.2) is 4.79 Å². The molecule has 28 heavy (non-hydrogen) atoms. The van der Waals surface area contributed by atoms with Crippen molar-refractivity contribution >= 4 is 6.09 Å². The number of rotatable bonds is 7. The van der Waals surface area contributed by atoms with E-state index in [1.54, 1.807) is 0 Å². The van der Waals surface area contributed by atoms with Crippen molar-refractivity contribution in [3.05, 3.63) is 35.4 Å². The molecule has 1 unspecified atom stereocenters. The smallest absolute Gasteiger partial charge is 0.407 e. The molecule has 1 fully saturated rings. The molecule has 0 aliphatic heterocycles. The topological polar surface area (TPSA) is 58.6 Å². The summed E-state index contributed by atoms with van der Waals surface area (Å²) in [5, 5.41) is 13.2. The van der Waals surface area contributed by atoms with E-state index in [-0.39, 0.29) is 0 Å². The number of nitrogens with one attached hydrogen (secondary N) is 1. The molecule has 1 saturated carbocycles. The molecule has 0 bridgehead atoms. The summed E-state index contributed by atoms with van der Waals surface area (Å²) >= 11 is 0. The Hall–Kier alpha value is -1.55. The molecule has 0 aromatic heterocycles. The summed E-state index contributed by atoms with van der Waals surface area (Å²) in [4.78, 5) is 11.7. The summed E-state index contributed by atoms with van der Waals surface area (Å²) in [6.07, 6.45) is 11.5. The monoisotopic (exact) mass is 389 g/mol. The number of benzene rings is 1. The molecule has 4 heteroatoms. The van der Waals surface area contributed by atoms with Crippen LogP contribution < -0.4 is 5.32 Å². The maximum Gasteiger partial charge on any atom is 0.407 e. The van der Waals surface area contributed by atoms with E-state index in [9.17, 15) is 9.90 Å². The first kappa shape index (κ1) is 22.7. The fourth-order valence-electron chi connectivity index (χ4n) is 3.95. The van der Waals surface area contributed by atoms with E-state index in [0.717, 1.165) is 17.9 Å². The van der Waals surface area contributed by atoms with E-state index in [4.69, 9.17) is 4.74 Å². The van der Waals surface area contributed by atoms with Gasteiger partial charge in [-0.05, 0) is 57.1 Å². The number of ether oxygens (including phenoxy) is 1. The van der Waals surface area contributed by atoms with Crippen LogP contribution in [0.5, 0.6) is 0 Å². The fourth-order valence-corrected chi connectivity index (χ4v) is 3.95. The van der Waals surface area contributed by atoms with E-state index in [2.05, 4.69) is 17.4 Å². The molecule has 1 aliphatic rings. The quantitative estimate of drug-likeness (QED) is 0.608. The highest BCUT2D eigenvalue weighted by Crippen LogP contribution is 2.27. The number of carbonyl (C=O) groups excluding carboxylic acids is 1. The Bertz CT molecular complexity index is 586. The number of aliphatic hydroxyl groups excluding tert-OH is 1. The standard InChI is InChI=1S/C24H39NO3/c1-24(2,3)28-23(27)25-17-16-22(26)21-13-9-12-20(18-21)15-14-19-10-7-5-4-6-8-11-19/h9,12-13,18-19,22,26H,4-8,10-11,14-17H2,1-3H3,(H,25,27). The normalized spacial score (nSPS) is 17.4. The molecule has 1 aromatic carbocycles. The molecule has 1 atom stereocenters. The fraction of sp³-hybridized carbons (Fsp3) is 0.708. The molecule has 4 nitrogen and oxygen atoms in total. The number of aryl methyl sites for hydroxylation is 1. The van der Waals surface area contributed by atoms with Gasteiger partial charge in [0.25, 0.3) is 0 Å². The van der Waals surface area contributed by atoms with Crippen LogP contribution in [0.2, 0.25) is 0 Å². The zero-order valence-corrected chi connectivity index (χ0v) is 18.0. The Morgan fingerprint density at radius 2 is 1.86 bits per heavy atom. The molecule has 0 saturated heterocycles. The van der Waals surface area contributed by atoms with Gasteiger partial charge in [-0.15, -0.1) is 0 Å². The Balaban J connectivity index is 1.77. The van der Waals surface area contributed by atoms with Gasteiger partial charge in [-0.2, -0.15) is 0 Å². The molecule has 1 aliphatic carbocycles. The molecule has 2 N–H and O–H groups in total. The van der Waals surface area contributed by atoms with E-state index < -0.39 is 17.8 Å². The molecular formula is C24H39NO3. The third-order valence-electron chi connectivity index (χ3n) is 5.49. The zero-order chi connectivity index (χ0) is 20.4. The Morgan fingerprint density at radius 1 is 1.18 bits per heavy atom. The maximum absolute atomic E-state index is 11.7. The first-order chi connectivity index (χ1) is 13.3. The van der Waals surface area contributed by atoms with Crippen LogP contribution in [0.4, 0.5) is 4.79 Å². The molecule has 1 amide bonds. The van der Waals surface area contributed by atoms with Gasteiger partial charge in [0, 0.05) is 6.54 Å². The van der Waals surface area contributed by atoms with Crippen LogP contribution in [-0.2, 0) is 11.2 Å². The minimum Gasteiger partial charge on any atom is -0.444 e. The second-order valence-electron chi connectivity index (χ2n) is 9.23. The Kier molecular flexibility index (Phi) is 9.30. The van der Waals surface area contributed by atoms with Gasteiger partial charge >= 0.3 is 6.09 Å². The molecule has 1 aromatic rings. The van der Waals surface area contributed by atoms with Crippen molar-refractivity contribution in [2.24, 2.45) is 5.92 Å². The lowest BCUT2D eigenvalue weighted by molar-refractivity contribution is 0.0518. The van der Waals surface area contributed by atoms with Crippen molar-refractivity contribution in [3.63, 3.8) is 0 Å². The van der Waals surface area contributed by atoms with Crippen molar-refractivity contribution in [1.29, 1.82) is 0 Å². The van der Waals surface area contributed by atoms with E-state index in [1.807, 2.05) is 32.9 Å². The van der Waals surface area contributed by atoms with Crippen molar-refractivity contribution in [2.75, 3.05) is 6.54 Å². The van der Waals surface area contributed by atoms with Crippen LogP contribution in [0, 0.1) is 5.92 Å². The van der Waals surface area contributed by atoms with Gasteiger partial charge in [0.2, 0.25) is 0 Å². The highest BCUT2D eigenvalue weighted by atomic mass is 16.6. The second-order valence-corrected chi connectivity index (χ2v) is 9.23. The minimum absolute atomic E-state index is 0.391. The highest BCUT2D eigenvalue weighted by molar-refractivity contribution is 5.67. The molecule has 2 rings (SSSR count). The van der Waals surface area contributed by atoms with Gasteiger partial charge in [0.05, 0.1) is 6.10 Å². The summed E-state index contributed by atoms with van der Waals surface area (Å²) in [6, 6.07) is 8.30. The van der Waals surface area contributed by atoms with Gasteiger partial charge in [0.1, 0.15) is 5.60 Å². The molecule has 158 valence electrons. The van der Waals surface area contributed by atoms with Crippen LogP contribution in [0.3, 0.4) is 0 Å². The first-order valence-electron chi connectivity index (χ1n) is 11.1. The number of hydrogen-bond donors (Lipinski definition) is 2. The molecule has 0 radical (unpaired) electrons. The predicted molar refractivity (Wildman–Crippen MR) is 114 cm³/mol. The summed E-state index contributed by atoms with van der Waals surface area (Å²) in [5.41, 5.74) is 1.73. The number of hydrogen-bond acceptors (Lipinski definition) is 3. The van der Waals surface area contributed by atoms with E-state index in [0.29, 0.717) is 13.0 Å². The summed E-state index contributed by atoms with van der Waals surface area (Å²) in [5.74, 6) is 0.854. The lowest BCUT2D eigenvalue weighted by atomic mass is 9.87. The van der Waals surface area contributed by atoms with Crippen LogP contribution in [0.25, 0.3) is 0 Å². The minimum atomic E-state index is -0.573. The summed E-state index contributed by atoms with van der Waals surface area (Å²) in [7, 11) is 0. The van der Waals surface area contributed by atoms with Crippen LogP contribution in [0.1, 0.15) is 95.8 Å². The number of amides is 1. The lowest BCUT2D eigenvalue weighted by Gasteiger charge is -2.20. The van der Waals surface area contributed by atoms with Crippen LogP contribution >= 0.6 is 0 Å². The first-order valence-corrected chi connectivity index (χ1v) is 11.1. The summed E-state index contributed by atoms with van der Waals surface area (Å²) < 4.78 is 5.22. The maximum atomic E-state index is 11.7. The summed E-state index contributed by atoms with van der Waals surface area (Å²) in [6.45, 7) is 5.90. The van der Waals surface area contributed by atoms with Crippen molar-refractivity contribution < 1.29 is 14.6 Å². The Labute approximate surface area is 171 Å². The van der Waals surface area contributed by atoms with Crippen LogP contribution in [-0.4, -0.2) is 23.3 Å². The SMILES string of the molecule is CC(C)(C)OC(=O)NCCC(O)c1cccc(CCC2CCCCCCC2)c1. The van der Waals surface area contributed by atoms with Gasteiger partial charge in [-0.1, -0.05) is 69.2 Å². The predicted octanol–water partition coefficient (Wildman–Crippen LogP) is 5.93. The third kappa shape index (κ3) is 9.09. The highest BCUT2D eigenvalue weighted by Gasteiger charge is 2.16. The second kappa shape index (κ2) is 11.5. The van der Waals surface area contributed by atoms with Crippen molar-refractivity contribution in [3.8, 4) is 0 Å². The lowest BCUT2D eigenvalue weighted by Crippen LogP contribution is -2.33. The average Bonchev–Trinajstić information content (AvgIpc) is 2.59. The molecule has 0 heterocycles. The molecular weight excluding hydrogens is 350 g/mol. The average molecular weight is 390 g/mol. The zero-order valence-electron chi connectivity index (χ0n) is 18.0. The van der Waals surface area contributed by atoms with Crippen molar-refractivity contribution in [2.45, 2.75) is 96.7 Å². The van der Waals surface area contributed by atoms with Crippen molar-refractivity contribution in [1.82, 2.24) is 5.32 Å². The van der Waals surface area contributed by atoms with E-state index in [1.165, 1.54) is 56.9 Å². The van der Waals surface area contributed by atoms with Gasteiger partial charge in [-0.3, -0.25) is 0 Å². The number of aliphatic hydroxyl groups is 1. The molecule has 0 spiro atoms. The number of alkyl carbamates (subject to hydrolysis) is 1. The largest absolute Gasteiger partial charge is 0.444 e. The number of carbonyl (C=O) groups is 1. The third-order valence-corrected chi connectivity index (χ3v) is 5.49. The van der Waals surface area contributed by atoms with Gasteiger partial charge < -0.3 is 15.2 Å². The Morgan fingerprint density at radius 3 is 2.54 bits per heavy atom. The van der Waals surface area contributed by atoms with Gasteiger partial charge in [0.15, 0.2) is 0 Å².